The van der Waals surface area contributed by atoms with Gasteiger partial charge in [-0.15, -0.1) is 0 Å². The van der Waals surface area contributed by atoms with Crippen molar-refractivity contribution in [2.75, 3.05) is 13.1 Å². The van der Waals surface area contributed by atoms with Crippen LogP contribution in [-0.2, 0) is 0 Å². The minimum Gasteiger partial charge on any atom is -0.354 e. The predicted octanol–water partition coefficient (Wildman–Crippen LogP) is 19.8. The normalized spacial score (nSPS) is 13.3. The first-order chi connectivity index (χ1) is 39.0. The number of nitrogens with one attached hydrogen (secondary N) is 4. The molecule has 14 aromatic rings. The fourth-order valence-corrected chi connectivity index (χ4v) is 14.2. The van der Waals surface area contributed by atoms with Gasteiger partial charge in [-0.25, -0.2) is 0 Å². The number of fused-ring (bicyclic) bond motifs is 2. The van der Waals surface area contributed by atoms with Crippen LogP contribution in [0.4, 0.5) is 0 Å². The highest BCUT2D eigenvalue weighted by Gasteiger charge is 2.27. The molecule has 398 valence electrons. The van der Waals surface area contributed by atoms with Crippen LogP contribution in [0.3, 0.4) is 0 Å². The Morgan fingerprint density at radius 2 is 0.650 bits per heavy atom. The Kier molecular flexibility index (Phi) is 12.4. The van der Waals surface area contributed by atoms with E-state index in [-0.39, 0.29) is 11.8 Å². The average molecular weight is 1050 g/mol. The summed E-state index contributed by atoms with van der Waals surface area (Å²) in [5, 5.41) is 26.5. The SMILES string of the molecule is CC(C)CCC[C@@H](C)CCNC(=O)c1ccc(-c2cc3[nH]c4cc(-c5cc6[nH]c7cc(-c8ccc(C(=O)NCC[C@H](C)CCCC(C)C)cc8)c8cccc9c%10cccc5c%10c6c7c89)c5cccc6c7cccc2c7c3c4c56)cc1. The monoisotopic (exact) mass is 1050 g/mol. The molecule has 80 heavy (non-hydrogen) atoms. The fraction of sp³-hybridized carbons (Fsp3) is 0.270. The Labute approximate surface area is 467 Å². The molecule has 6 heteroatoms. The van der Waals surface area contributed by atoms with E-state index < -0.39 is 0 Å². The lowest BCUT2D eigenvalue weighted by atomic mass is 9.83. The second-order valence-corrected chi connectivity index (χ2v) is 24.7. The first-order valence-electron chi connectivity index (χ1n) is 29.7. The molecule has 0 saturated heterocycles. The molecule has 0 spiro atoms. The van der Waals surface area contributed by atoms with Crippen molar-refractivity contribution in [2.24, 2.45) is 23.7 Å². The maximum Gasteiger partial charge on any atom is 0.251 e. The van der Waals surface area contributed by atoms with Gasteiger partial charge in [0, 0.05) is 89.4 Å². The summed E-state index contributed by atoms with van der Waals surface area (Å²) in [6.45, 7) is 15.1. The van der Waals surface area contributed by atoms with Gasteiger partial charge >= 0.3 is 0 Å². The molecule has 0 fully saturated rings. The Bertz CT molecular complexity index is 4320. The maximum absolute atomic E-state index is 13.4. The van der Waals surface area contributed by atoms with Crippen LogP contribution in [-0.4, -0.2) is 34.9 Å². The number of hydrogen-bond donors (Lipinski definition) is 4. The van der Waals surface area contributed by atoms with E-state index >= 15 is 0 Å². The summed E-state index contributed by atoms with van der Waals surface area (Å²) in [7, 11) is 0. The van der Waals surface area contributed by atoms with E-state index in [4.69, 9.17) is 0 Å². The van der Waals surface area contributed by atoms with E-state index in [1.165, 1.54) is 136 Å². The summed E-state index contributed by atoms with van der Waals surface area (Å²) in [6.07, 6.45) is 9.41. The number of amides is 2. The van der Waals surface area contributed by atoms with E-state index in [0.29, 0.717) is 36.1 Å². The van der Waals surface area contributed by atoms with Gasteiger partial charge in [-0.05, 0) is 162 Å². The van der Waals surface area contributed by atoms with Crippen molar-refractivity contribution in [1.82, 2.24) is 20.6 Å². The number of aromatic amines is 2. The van der Waals surface area contributed by atoms with Crippen LogP contribution in [0.15, 0.2) is 146 Å². The number of aromatic nitrogens is 2. The molecule has 12 aromatic carbocycles. The third-order valence-corrected chi connectivity index (χ3v) is 18.3. The third-order valence-electron chi connectivity index (χ3n) is 18.3. The van der Waals surface area contributed by atoms with Crippen LogP contribution in [0.25, 0.3) is 142 Å². The van der Waals surface area contributed by atoms with Gasteiger partial charge in [0.05, 0.1) is 0 Å². The number of rotatable bonds is 19. The van der Waals surface area contributed by atoms with Crippen LogP contribution in [0.5, 0.6) is 0 Å². The van der Waals surface area contributed by atoms with Crippen LogP contribution >= 0.6 is 0 Å². The Balaban J connectivity index is 0.830. The fourth-order valence-electron chi connectivity index (χ4n) is 14.2. The number of carbonyl (C=O) groups excluding carboxylic acids is 2. The zero-order chi connectivity index (χ0) is 54.5. The van der Waals surface area contributed by atoms with Gasteiger partial charge < -0.3 is 20.6 Å². The Morgan fingerprint density at radius 3 is 0.975 bits per heavy atom. The molecule has 6 nitrogen and oxygen atoms in total. The first-order valence-corrected chi connectivity index (χ1v) is 29.7. The van der Waals surface area contributed by atoms with E-state index in [1.54, 1.807) is 0 Å². The molecular formula is C74H70N4O2. The van der Waals surface area contributed by atoms with Crippen molar-refractivity contribution in [3.05, 3.63) is 157 Å². The molecule has 0 unspecified atom stereocenters. The highest BCUT2D eigenvalue weighted by molar-refractivity contribution is 6.44. The lowest BCUT2D eigenvalue weighted by Gasteiger charge is -2.19. The highest BCUT2D eigenvalue weighted by atomic mass is 16.2. The summed E-state index contributed by atoms with van der Waals surface area (Å²) >= 11 is 0. The molecular weight excluding hydrogens is 977 g/mol. The second kappa shape index (κ2) is 19.8. The average Bonchev–Trinajstić information content (AvgIpc) is 4.22. The molecule has 2 atom stereocenters. The van der Waals surface area contributed by atoms with Gasteiger partial charge in [-0.1, -0.05) is 177 Å². The maximum atomic E-state index is 13.4. The van der Waals surface area contributed by atoms with Gasteiger partial charge in [-0.3, -0.25) is 9.59 Å². The summed E-state index contributed by atoms with van der Waals surface area (Å²) in [5.41, 5.74) is 12.7. The minimum atomic E-state index is -0.0139. The number of carbonyl (C=O) groups is 2. The van der Waals surface area contributed by atoms with Gasteiger partial charge in [0.2, 0.25) is 0 Å². The van der Waals surface area contributed by atoms with E-state index in [2.05, 4.69) is 183 Å². The molecule has 14 rings (SSSR count). The number of hydrogen-bond acceptors (Lipinski definition) is 2. The Morgan fingerprint density at radius 1 is 0.350 bits per heavy atom. The summed E-state index contributed by atoms with van der Waals surface area (Å²) in [4.78, 5) is 34.8. The molecule has 0 radical (unpaired) electrons. The smallest absolute Gasteiger partial charge is 0.251 e. The van der Waals surface area contributed by atoms with Crippen molar-refractivity contribution >= 4 is 120 Å². The molecule has 2 amide bonds. The standard InChI is InChI=1S/C74H70N4O2/c1-41(2)13-7-15-43(5)33-35-75-73(79)47-29-25-45(26-30-47)57-37-61-69-65-49(17-9-21-53(57)65)51-19-11-23-55-59(39-63(77-61)71(69)67(51)55)60-40-64-72-68-52(20-12-24-56(60)68)50-18-10-22-54-58(38-62(78-64)70(72)66(50)54)46-27-31-48(32-28-46)74(80)76-36-34-44(6)16-8-14-42(3)4/h9-12,17-32,37-44,77-78H,7-8,13-16,33-36H2,1-6H3,(H,75,79)(H,76,80)/t43-,44-/m1/s1. The summed E-state index contributed by atoms with van der Waals surface area (Å²) in [5.74, 6) is 2.63. The lowest BCUT2D eigenvalue weighted by molar-refractivity contribution is 0.0943. The van der Waals surface area contributed by atoms with E-state index in [1.807, 2.05) is 24.3 Å². The van der Waals surface area contributed by atoms with Crippen molar-refractivity contribution in [1.29, 1.82) is 0 Å². The van der Waals surface area contributed by atoms with Gasteiger partial charge in [0.1, 0.15) is 0 Å². The molecule has 4 N–H and O–H groups in total. The van der Waals surface area contributed by atoms with Crippen LogP contribution in [0, 0.1) is 23.7 Å². The molecule has 2 heterocycles. The third kappa shape index (κ3) is 8.27. The van der Waals surface area contributed by atoms with Crippen LogP contribution in [0.2, 0.25) is 0 Å². The topological polar surface area (TPSA) is 89.8 Å². The van der Waals surface area contributed by atoms with Crippen molar-refractivity contribution in [3.8, 4) is 33.4 Å². The van der Waals surface area contributed by atoms with Gasteiger partial charge in [-0.2, -0.15) is 0 Å². The molecule has 0 aliphatic carbocycles. The zero-order valence-corrected chi connectivity index (χ0v) is 47.1. The number of H-pyrrole nitrogens is 2. The molecule has 0 saturated carbocycles. The van der Waals surface area contributed by atoms with Crippen LogP contribution in [0.1, 0.15) is 114 Å². The quantitative estimate of drug-likeness (QED) is 0.0480. The highest BCUT2D eigenvalue weighted by Crippen LogP contribution is 2.53. The molecule has 0 aliphatic rings. The lowest BCUT2D eigenvalue weighted by Crippen LogP contribution is -2.25. The summed E-state index contributed by atoms with van der Waals surface area (Å²) < 4.78 is 0. The molecule has 2 aromatic heterocycles. The van der Waals surface area contributed by atoms with Crippen molar-refractivity contribution < 1.29 is 9.59 Å². The zero-order valence-electron chi connectivity index (χ0n) is 47.1. The minimum absolute atomic E-state index is 0.0139. The van der Waals surface area contributed by atoms with Crippen molar-refractivity contribution in [3.63, 3.8) is 0 Å². The van der Waals surface area contributed by atoms with E-state index in [0.717, 1.165) is 69.0 Å². The molecule has 0 aliphatic heterocycles. The van der Waals surface area contributed by atoms with Crippen LogP contribution < -0.4 is 10.6 Å². The van der Waals surface area contributed by atoms with E-state index in [9.17, 15) is 9.59 Å². The predicted molar refractivity (Wildman–Crippen MR) is 341 cm³/mol. The summed E-state index contributed by atoms with van der Waals surface area (Å²) in [6, 6.07) is 53.2. The first kappa shape index (κ1) is 50.0. The Hall–Kier alpha value is -8.22. The largest absolute Gasteiger partial charge is 0.354 e. The second-order valence-electron chi connectivity index (χ2n) is 24.7. The number of benzene rings is 12. The van der Waals surface area contributed by atoms with Crippen molar-refractivity contribution in [2.45, 2.75) is 92.9 Å². The van der Waals surface area contributed by atoms with Gasteiger partial charge in [0.15, 0.2) is 0 Å². The van der Waals surface area contributed by atoms with Gasteiger partial charge in [0.25, 0.3) is 11.8 Å². The molecule has 0 bridgehead atoms.